The highest BCUT2D eigenvalue weighted by Crippen LogP contribution is 2.32. The molecule has 1 unspecified atom stereocenters. The number of halogens is 1. The second kappa shape index (κ2) is 7.38. The fourth-order valence-electron chi connectivity index (χ4n) is 3.84. The van der Waals surface area contributed by atoms with Gasteiger partial charge in [-0.05, 0) is 36.1 Å². The van der Waals surface area contributed by atoms with E-state index in [0.717, 1.165) is 25.9 Å². The molecule has 32 heavy (non-hydrogen) atoms. The first-order chi connectivity index (χ1) is 15.3. The molecule has 1 fully saturated rings. The van der Waals surface area contributed by atoms with Gasteiger partial charge in [0.1, 0.15) is 17.9 Å². The zero-order valence-corrected chi connectivity index (χ0v) is 17.7. The molecule has 4 amide bonds. The average Bonchev–Trinajstić information content (AvgIpc) is 3.28. The molecule has 9 heteroatoms. The molecule has 0 bridgehead atoms. The second-order valence-corrected chi connectivity index (χ2v) is 8.68. The van der Waals surface area contributed by atoms with Crippen LogP contribution < -0.4 is 10.6 Å². The predicted molar refractivity (Wildman–Crippen MR) is 120 cm³/mol. The van der Waals surface area contributed by atoms with Gasteiger partial charge < -0.3 is 10.6 Å². The lowest BCUT2D eigenvalue weighted by atomic mass is 9.92. The van der Waals surface area contributed by atoms with Gasteiger partial charge in [0.05, 0.1) is 10.2 Å². The number of carbonyl (C=O) groups is 3. The maximum absolute atomic E-state index is 13.3. The van der Waals surface area contributed by atoms with Gasteiger partial charge in [-0.1, -0.05) is 53.8 Å². The molecule has 160 valence electrons. The number of fused-ring (bicyclic) bond motifs is 3. The number of thiazole rings is 1. The molecule has 0 aliphatic carbocycles. The molecule has 5 rings (SSSR count). The van der Waals surface area contributed by atoms with E-state index in [9.17, 15) is 18.8 Å². The second-order valence-electron chi connectivity index (χ2n) is 7.65. The molecule has 0 saturated carbocycles. The van der Waals surface area contributed by atoms with Gasteiger partial charge in [-0.15, -0.1) is 0 Å². The molecule has 7 nitrogen and oxygen atoms in total. The van der Waals surface area contributed by atoms with Crippen LogP contribution in [-0.4, -0.2) is 34.3 Å². The van der Waals surface area contributed by atoms with Gasteiger partial charge in [0.25, 0.3) is 5.91 Å². The van der Waals surface area contributed by atoms with Crippen molar-refractivity contribution in [3.63, 3.8) is 0 Å². The molecule has 2 heterocycles. The summed E-state index contributed by atoms with van der Waals surface area (Å²) in [4.78, 5) is 43.4. The molecule has 1 aliphatic rings. The summed E-state index contributed by atoms with van der Waals surface area (Å²) >= 11 is 1.32. The van der Waals surface area contributed by atoms with Crippen LogP contribution in [-0.2, 0) is 15.1 Å². The molecule has 1 saturated heterocycles. The van der Waals surface area contributed by atoms with E-state index in [2.05, 4.69) is 15.6 Å². The number of benzene rings is 3. The number of imide groups is 1. The zero-order valence-electron chi connectivity index (χ0n) is 16.9. The molecular formula is C23H17FN4O3S. The highest BCUT2D eigenvalue weighted by molar-refractivity contribution is 7.22. The third kappa shape index (κ3) is 3.27. The van der Waals surface area contributed by atoms with Crippen LogP contribution in [0.1, 0.15) is 12.5 Å². The molecule has 3 aromatic carbocycles. The van der Waals surface area contributed by atoms with Gasteiger partial charge in [-0.3, -0.25) is 14.5 Å². The number of urea groups is 1. The van der Waals surface area contributed by atoms with Crippen molar-refractivity contribution >= 4 is 55.3 Å². The van der Waals surface area contributed by atoms with E-state index in [0.29, 0.717) is 10.7 Å². The fourth-order valence-corrected chi connectivity index (χ4v) is 4.74. The van der Waals surface area contributed by atoms with Crippen LogP contribution in [0.3, 0.4) is 0 Å². The van der Waals surface area contributed by atoms with Crippen LogP contribution in [0, 0.1) is 5.82 Å². The monoisotopic (exact) mass is 448 g/mol. The van der Waals surface area contributed by atoms with Crippen LogP contribution in [0.2, 0.25) is 0 Å². The quantitative estimate of drug-likeness (QED) is 0.462. The summed E-state index contributed by atoms with van der Waals surface area (Å²) in [5, 5.41) is 7.69. The molecule has 1 aromatic heterocycles. The molecule has 0 radical (unpaired) electrons. The van der Waals surface area contributed by atoms with Crippen LogP contribution in [0.5, 0.6) is 0 Å². The molecule has 2 N–H and O–H groups in total. The number of aromatic nitrogens is 1. The summed E-state index contributed by atoms with van der Waals surface area (Å²) in [6.45, 7) is 1.06. The number of hydrogen-bond acceptors (Lipinski definition) is 5. The third-order valence-electron chi connectivity index (χ3n) is 5.53. The highest BCUT2D eigenvalue weighted by atomic mass is 32.1. The Labute approximate surface area is 185 Å². The van der Waals surface area contributed by atoms with Crippen molar-refractivity contribution in [1.82, 2.24) is 15.2 Å². The van der Waals surface area contributed by atoms with Crippen LogP contribution in [0.4, 0.5) is 14.3 Å². The van der Waals surface area contributed by atoms with E-state index < -0.39 is 35.7 Å². The Kier molecular flexibility index (Phi) is 4.63. The Hall–Kier alpha value is -3.85. The molecule has 1 atom stereocenters. The van der Waals surface area contributed by atoms with Crippen LogP contribution in [0.25, 0.3) is 21.0 Å². The average molecular weight is 448 g/mol. The summed E-state index contributed by atoms with van der Waals surface area (Å²) in [5.41, 5.74) is -0.166. The summed E-state index contributed by atoms with van der Waals surface area (Å²) in [6.07, 6.45) is 0. The minimum atomic E-state index is -1.38. The van der Waals surface area contributed by atoms with E-state index in [4.69, 9.17) is 0 Å². The summed E-state index contributed by atoms with van der Waals surface area (Å²) in [6, 6.07) is 16.4. The predicted octanol–water partition coefficient (Wildman–Crippen LogP) is 3.99. The van der Waals surface area contributed by atoms with E-state index in [1.807, 2.05) is 36.4 Å². The minimum Gasteiger partial charge on any atom is -0.319 e. The summed E-state index contributed by atoms with van der Waals surface area (Å²) < 4.78 is 14.2. The molecule has 0 spiro atoms. The van der Waals surface area contributed by atoms with Crippen molar-refractivity contribution in [3.05, 3.63) is 72.0 Å². The van der Waals surface area contributed by atoms with Gasteiger partial charge in [0.2, 0.25) is 5.91 Å². The maximum Gasteiger partial charge on any atom is 0.325 e. The van der Waals surface area contributed by atoms with Gasteiger partial charge in [0, 0.05) is 5.39 Å². The van der Waals surface area contributed by atoms with Gasteiger partial charge in [-0.25, -0.2) is 14.2 Å². The first kappa shape index (κ1) is 20.1. The Morgan fingerprint density at radius 3 is 2.66 bits per heavy atom. The van der Waals surface area contributed by atoms with Crippen LogP contribution in [0.15, 0.2) is 60.7 Å². The topological polar surface area (TPSA) is 91.4 Å². The molecular weight excluding hydrogens is 431 g/mol. The standard InChI is InChI=1S/C23H17FN4O3S/c1-23(14-7-9-15(24)10-8-14)20(30)28(22(31)27-23)12-18(29)25-21-26-19-16-5-3-2-4-13(16)6-11-17(19)32-21/h2-11H,12H2,1H3,(H,27,31)(H,25,26,29). The zero-order chi connectivity index (χ0) is 22.5. The number of hydrogen-bond donors (Lipinski definition) is 2. The van der Waals surface area contributed by atoms with Gasteiger partial charge >= 0.3 is 6.03 Å². The number of nitrogens with one attached hydrogen (secondary N) is 2. The number of carbonyl (C=O) groups excluding carboxylic acids is 3. The van der Waals surface area contributed by atoms with Gasteiger partial charge in [-0.2, -0.15) is 0 Å². The number of nitrogens with zero attached hydrogens (tertiary/aromatic N) is 2. The SMILES string of the molecule is CC1(c2ccc(F)cc2)NC(=O)N(CC(=O)Nc2nc3c(ccc4ccccc43)s2)C1=O. The fraction of sp³-hybridized carbons (Fsp3) is 0.130. The van der Waals surface area contributed by atoms with Crippen molar-refractivity contribution in [2.45, 2.75) is 12.5 Å². The Bertz CT molecular complexity index is 1400. The maximum atomic E-state index is 13.3. The first-order valence-corrected chi connectivity index (χ1v) is 10.6. The van der Waals surface area contributed by atoms with Gasteiger partial charge in [0.15, 0.2) is 5.13 Å². The van der Waals surface area contributed by atoms with E-state index in [1.54, 1.807) is 0 Å². The first-order valence-electron chi connectivity index (χ1n) is 9.83. The summed E-state index contributed by atoms with van der Waals surface area (Å²) in [5.74, 6) is -1.58. The van der Waals surface area contributed by atoms with Crippen molar-refractivity contribution in [3.8, 4) is 0 Å². The van der Waals surface area contributed by atoms with Crippen LogP contribution >= 0.6 is 11.3 Å². The molecule has 4 aromatic rings. The number of amides is 4. The smallest absolute Gasteiger partial charge is 0.319 e. The third-order valence-corrected chi connectivity index (χ3v) is 6.46. The minimum absolute atomic E-state index is 0.384. The summed E-state index contributed by atoms with van der Waals surface area (Å²) in [7, 11) is 0. The lowest BCUT2D eigenvalue weighted by Crippen LogP contribution is -2.42. The Morgan fingerprint density at radius 1 is 1.12 bits per heavy atom. The largest absolute Gasteiger partial charge is 0.325 e. The number of anilines is 1. The highest BCUT2D eigenvalue weighted by Gasteiger charge is 2.49. The number of rotatable bonds is 4. The van der Waals surface area contributed by atoms with E-state index in [-0.39, 0.29) is 0 Å². The van der Waals surface area contributed by atoms with E-state index in [1.165, 1.54) is 42.5 Å². The Balaban J connectivity index is 1.35. The normalized spacial score (nSPS) is 18.4. The van der Waals surface area contributed by atoms with Crippen molar-refractivity contribution in [2.75, 3.05) is 11.9 Å². The lowest BCUT2D eigenvalue weighted by molar-refractivity contribution is -0.133. The molecule has 1 aliphatic heterocycles. The van der Waals surface area contributed by atoms with E-state index >= 15 is 0 Å². The van der Waals surface area contributed by atoms with Crippen molar-refractivity contribution in [2.24, 2.45) is 0 Å². The van der Waals surface area contributed by atoms with Crippen molar-refractivity contribution in [1.29, 1.82) is 0 Å². The lowest BCUT2D eigenvalue weighted by Gasteiger charge is -2.22. The Morgan fingerprint density at radius 2 is 1.88 bits per heavy atom. The van der Waals surface area contributed by atoms with Crippen molar-refractivity contribution < 1.29 is 18.8 Å².